The van der Waals surface area contributed by atoms with Crippen LogP contribution in [0.25, 0.3) is 0 Å². The topological polar surface area (TPSA) is 21.3 Å². The van der Waals surface area contributed by atoms with E-state index >= 15 is 0 Å². The van der Waals surface area contributed by atoms with Crippen LogP contribution in [0.5, 0.6) is 5.75 Å². The van der Waals surface area contributed by atoms with Crippen LogP contribution < -0.4 is 10.1 Å². The van der Waals surface area contributed by atoms with Crippen LogP contribution in [0.4, 0.5) is 0 Å². The van der Waals surface area contributed by atoms with E-state index in [0.29, 0.717) is 11.5 Å². The predicted octanol–water partition coefficient (Wildman–Crippen LogP) is 4.32. The minimum atomic E-state index is 0.408. The zero-order valence-corrected chi connectivity index (χ0v) is 12.5. The second kappa shape index (κ2) is 6.42. The molecular formula is C17H27NO. The fraction of sp³-hybridized carbons (Fsp3) is 0.647. The molecule has 1 N–H and O–H groups in total. The van der Waals surface area contributed by atoms with Crippen molar-refractivity contribution in [3.05, 3.63) is 29.8 Å². The number of para-hydroxylation sites is 1. The maximum Gasteiger partial charge on any atom is 0.123 e. The second-order valence-corrected chi connectivity index (χ2v) is 5.83. The number of rotatable bonds is 8. The smallest absolute Gasteiger partial charge is 0.123 e. The highest BCUT2D eigenvalue weighted by Gasteiger charge is 2.41. The van der Waals surface area contributed by atoms with Crippen molar-refractivity contribution in [3.8, 4) is 5.75 Å². The Morgan fingerprint density at radius 3 is 2.58 bits per heavy atom. The summed E-state index contributed by atoms with van der Waals surface area (Å²) in [4.78, 5) is 0. The largest absolute Gasteiger partial charge is 0.496 e. The standard InChI is InChI=1S/C17H27NO/c1-4-10-17(11-12-17)13-18-15(5-2)14-8-6-7-9-16(14)19-3/h6-9,15,18H,4-5,10-13H2,1-3H3. The van der Waals surface area contributed by atoms with Crippen LogP contribution in [-0.4, -0.2) is 13.7 Å². The summed E-state index contributed by atoms with van der Waals surface area (Å²) in [6.07, 6.45) is 6.56. The fourth-order valence-corrected chi connectivity index (χ4v) is 2.99. The van der Waals surface area contributed by atoms with Crippen LogP contribution in [0.1, 0.15) is 57.6 Å². The Balaban J connectivity index is 2.00. The summed E-state index contributed by atoms with van der Waals surface area (Å²) in [6.45, 7) is 5.68. The van der Waals surface area contributed by atoms with E-state index in [1.165, 1.54) is 31.2 Å². The Hall–Kier alpha value is -1.02. The van der Waals surface area contributed by atoms with Crippen LogP contribution in [0, 0.1) is 5.41 Å². The average molecular weight is 261 g/mol. The Morgan fingerprint density at radius 1 is 1.26 bits per heavy atom. The minimum Gasteiger partial charge on any atom is -0.496 e. The summed E-state index contributed by atoms with van der Waals surface area (Å²) in [6, 6.07) is 8.78. The normalized spacial score (nSPS) is 18.1. The molecule has 0 amide bonds. The maximum atomic E-state index is 5.48. The van der Waals surface area contributed by atoms with Crippen molar-refractivity contribution < 1.29 is 4.74 Å². The Kier molecular flexibility index (Phi) is 4.87. The summed E-state index contributed by atoms with van der Waals surface area (Å²) in [5.41, 5.74) is 1.89. The lowest BCUT2D eigenvalue weighted by Crippen LogP contribution is -2.28. The minimum absolute atomic E-state index is 0.408. The molecule has 2 rings (SSSR count). The van der Waals surface area contributed by atoms with Crippen molar-refractivity contribution >= 4 is 0 Å². The number of nitrogens with one attached hydrogen (secondary N) is 1. The molecular weight excluding hydrogens is 234 g/mol. The zero-order valence-electron chi connectivity index (χ0n) is 12.5. The Bertz CT molecular complexity index is 398. The molecule has 1 atom stereocenters. The zero-order chi connectivity index (χ0) is 13.7. The highest BCUT2D eigenvalue weighted by molar-refractivity contribution is 5.35. The van der Waals surface area contributed by atoms with E-state index < -0.39 is 0 Å². The van der Waals surface area contributed by atoms with Crippen LogP contribution in [0.2, 0.25) is 0 Å². The molecule has 0 radical (unpaired) electrons. The first-order chi connectivity index (χ1) is 9.24. The fourth-order valence-electron chi connectivity index (χ4n) is 2.99. The van der Waals surface area contributed by atoms with Crippen LogP contribution in [0.3, 0.4) is 0 Å². The van der Waals surface area contributed by atoms with Gasteiger partial charge >= 0.3 is 0 Å². The van der Waals surface area contributed by atoms with Gasteiger partial charge in [-0.2, -0.15) is 0 Å². The summed E-state index contributed by atoms with van der Waals surface area (Å²) < 4.78 is 5.48. The molecule has 0 heterocycles. The molecule has 1 unspecified atom stereocenters. The quantitative estimate of drug-likeness (QED) is 0.752. The first kappa shape index (κ1) is 14.4. The van der Waals surface area contributed by atoms with E-state index in [1.54, 1.807) is 7.11 Å². The molecule has 0 aliphatic heterocycles. The van der Waals surface area contributed by atoms with E-state index in [-0.39, 0.29) is 0 Å². The number of benzene rings is 1. The number of ether oxygens (including phenoxy) is 1. The Labute approximate surface area is 117 Å². The lowest BCUT2D eigenvalue weighted by atomic mass is 9.98. The van der Waals surface area contributed by atoms with Gasteiger partial charge in [0.15, 0.2) is 0 Å². The highest BCUT2D eigenvalue weighted by atomic mass is 16.5. The monoisotopic (exact) mass is 261 g/mol. The molecule has 19 heavy (non-hydrogen) atoms. The lowest BCUT2D eigenvalue weighted by molar-refractivity contribution is 0.367. The van der Waals surface area contributed by atoms with Crippen LogP contribution in [0.15, 0.2) is 24.3 Å². The molecule has 1 aliphatic rings. The molecule has 0 spiro atoms. The average Bonchev–Trinajstić information content (AvgIpc) is 3.20. The Morgan fingerprint density at radius 2 is 2.00 bits per heavy atom. The number of methoxy groups -OCH3 is 1. The van der Waals surface area contributed by atoms with Crippen molar-refractivity contribution in [2.45, 2.75) is 52.0 Å². The molecule has 2 heteroatoms. The first-order valence-corrected chi connectivity index (χ1v) is 7.61. The van der Waals surface area contributed by atoms with Crippen LogP contribution in [-0.2, 0) is 0 Å². The van der Waals surface area contributed by atoms with Gasteiger partial charge in [0.2, 0.25) is 0 Å². The lowest BCUT2D eigenvalue weighted by Gasteiger charge is -2.23. The van der Waals surface area contributed by atoms with Crippen molar-refractivity contribution in [3.63, 3.8) is 0 Å². The van der Waals surface area contributed by atoms with E-state index in [4.69, 9.17) is 4.74 Å². The molecule has 0 saturated heterocycles. The molecule has 1 aromatic rings. The molecule has 1 fully saturated rings. The van der Waals surface area contributed by atoms with Gasteiger partial charge in [0, 0.05) is 18.2 Å². The molecule has 1 aliphatic carbocycles. The number of hydrogen-bond acceptors (Lipinski definition) is 2. The molecule has 2 nitrogen and oxygen atoms in total. The van der Waals surface area contributed by atoms with Gasteiger partial charge in [-0.15, -0.1) is 0 Å². The summed E-state index contributed by atoms with van der Waals surface area (Å²) in [5, 5.41) is 3.77. The van der Waals surface area contributed by atoms with Crippen molar-refractivity contribution in [2.24, 2.45) is 5.41 Å². The molecule has 0 aromatic heterocycles. The van der Waals surface area contributed by atoms with Gasteiger partial charge in [0.1, 0.15) is 5.75 Å². The van der Waals surface area contributed by atoms with Gasteiger partial charge in [0.25, 0.3) is 0 Å². The summed E-state index contributed by atoms with van der Waals surface area (Å²) in [5.74, 6) is 1.00. The van der Waals surface area contributed by atoms with E-state index in [0.717, 1.165) is 18.7 Å². The molecule has 1 saturated carbocycles. The van der Waals surface area contributed by atoms with Crippen LogP contribution >= 0.6 is 0 Å². The SMILES string of the molecule is CCCC1(CNC(CC)c2ccccc2OC)CC1. The van der Waals surface area contributed by atoms with Gasteiger partial charge in [-0.05, 0) is 37.2 Å². The van der Waals surface area contributed by atoms with Gasteiger partial charge in [-0.1, -0.05) is 38.5 Å². The van der Waals surface area contributed by atoms with Gasteiger partial charge in [-0.3, -0.25) is 0 Å². The van der Waals surface area contributed by atoms with Gasteiger partial charge < -0.3 is 10.1 Å². The third kappa shape index (κ3) is 3.50. The third-order valence-corrected chi connectivity index (χ3v) is 4.38. The van der Waals surface area contributed by atoms with Crippen molar-refractivity contribution in [1.82, 2.24) is 5.32 Å². The van der Waals surface area contributed by atoms with E-state index in [2.05, 4.69) is 37.4 Å². The van der Waals surface area contributed by atoms with E-state index in [1.807, 2.05) is 6.07 Å². The molecule has 1 aromatic carbocycles. The highest BCUT2D eigenvalue weighted by Crippen LogP contribution is 2.49. The molecule has 106 valence electrons. The summed E-state index contributed by atoms with van der Waals surface area (Å²) in [7, 11) is 1.75. The summed E-state index contributed by atoms with van der Waals surface area (Å²) >= 11 is 0. The van der Waals surface area contributed by atoms with Gasteiger partial charge in [0.05, 0.1) is 7.11 Å². The first-order valence-electron chi connectivity index (χ1n) is 7.61. The second-order valence-electron chi connectivity index (χ2n) is 5.83. The predicted molar refractivity (Wildman–Crippen MR) is 80.6 cm³/mol. The van der Waals surface area contributed by atoms with E-state index in [9.17, 15) is 0 Å². The van der Waals surface area contributed by atoms with Crippen molar-refractivity contribution in [2.75, 3.05) is 13.7 Å². The molecule has 0 bridgehead atoms. The third-order valence-electron chi connectivity index (χ3n) is 4.38. The van der Waals surface area contributed by atoms with Crippen molar-refractivity contribution in [1.29, 1.82) is 0 Å². The van der Waals surface area contributed by atoms with Gasteiger partial charge in [-0.25, -0.2) is 0 Å². The number of hydrogen-bond donors (Lipinski definition) is 1. The maximum absolute atomic E-state index is 5.48.